The molecule has 1 aliphatic rings. The molecule has 0 aliphatic carbocycles. The molecule has 0 aromatic carbocycles. The predicted octanol–water partition coefficient (Wildman–Crippen LogP) is 2.16. The van der Waals surface area contributed by atoms with Gasteiger partial charge in [0.15, 0.2) is 0 Å². The van der Waals surface area contributed by atoms with Gasteiger partial charge in [-0.2, -0.15) is 0 Å². The van der Waals surface area contributed by atoms with E-state index in [-0.39, 0.29) is 23.9 Å². The molecule has 0 atom stereocenters. The van der Waals surface area contributed by atoms with Gasteiger partial charge < -0.3 is 10.2 Å². The monoisotopic (exact) mass is 390 g/mol. The summed E-state index contributed by atoms with van der Waals surface area (Å²) >= 11 is 1.27. The smallest absolute Gasteiger partial charge is 0.264 e. The minimum Gasteiger partial charge on any atom is -0.355 e. The average Bonchev–Trinajstić information content (AvgIpc) is 2.99. The second-order valence-electron chi connectivity index (χ2n) is 7.24. The lowest BCUT2D eigenvalue weighted by molar-refractivity contribution is -0.121. The van der Waals surface area contributed by atoms with Crippen LogP contribution in [0.15, 0.2) is 11.1 Å². The maximum Gasteiger partial charge on any atom is 0.264 e. The quantitative estimate of drug-likeness (QED) is 0.848. The summed E-state index contributed by atoms with van der Waals surface area (Å²) in [5.74, 6) is 0.408. The van der Waals surface area contributed by atoms with E-state index in [4.69, 9.17) is 0 Å². The highest BCUT2D eigenvalue weighted by Crippen LogP contribution is 2.29. The van der Waals surface area contributed by atoms with Gasteiger partial charge in [0.05, 0.1) is 16.6 Å². The number of hydrogen-bond acceptors (Lipinski definition) is 5. The molecular weight excluding hydrogens is 364 g/mol. The summed E-state index contributed by atoms with van der Waals surface area (Å²) in [7, 11) is 0. The molecule has 3 rings (SSSR count). The average molecular weight is 391 g/mol. The van der Waals surface area contributed by atoms with E-state index in [0.29, 0.717) is 33.1 Å². The lowest BCUT2D eigenvalue weighted by atomic mass is 9.99. The zero-order valence-electron chi connectivity index (χ0n) is 16.1. The number of carbonyl (C=O) groups excluding carboxylic acids is 2. The van der Waals surface area contributed by atoms with Crippen molar-refractivity contribution < 1.29 is 9.59 Å². The van der Waals surface area contributed by atoms with Crippen molar-refractivity contribution >= 4 is 33.4 Å². The van der Waals surface area contributed by atoms with Crippen molar-refractivity contribution in [2.45, 2.75) is 46.6 Å². The molecule has 1 N–H and O–H groups in total. The highest BCUT2D eigenvalue weighted by Gasteiger charge is 2.26. The van der Waals surface area contributed by atoms with Crippen LogP contribution in [0.25, 0.3) is 10.2 Å². The van der Waals surface area contributed by atoms with Crippen LogP contribution in [0.2, 0.25) is 0 Å². The fourth-order valence-corrected chi connectivity index (χ4v) is 4.41. The van der Waals surface area contributed by atoms with Crippen LogP contribution in [0.5, 0.6) is 0 Å². The Labute approximate surface area is 162 Å². The highest BCUT2D eigenvalue weighted by molar-refractivity contribution is 7.20. The fourth-order valence-electron chi connectivity index (χ4n) is 3.31. The third-order valence-electron chi connectivity index (χ3n) is 5.07. The van der Waals surface area contributed by atoms with Crippen LogP contribution in [0.3, 0.4) is 0 Å². The van der Waals surface area contributed by atoms with Crippen molar-refractivity contribution in [3.63, 3.8) is 0 Å². The molecule has 2 aromatic rings. The zero-order valence-corrected chi connectivity index (χ0v) is 16.9. The standard InChI is InChI=1S/C19H26N4O3S/c1-4-7-20-14(24)10-23-11-21-17-15(18(23)25)13(3)16(27-17)19(26)22-8-5-12(2)6-9-22/h11-12H,4-10H2,1-3H3,(H,20,24). The van der Waals surface area contributed by atoms with Crippen LogP contribution in [0.4, 0.5) is 0 Å². The van der Waals surface area contributed by atoms with Gasteiger partial charge >= 0.3 is 0 Å². The lowest BCUT2D eigenvalue weighted by Gasteiger charge is -2.30. The van der Waals surface area contributed by atoms with Crippen molar-refractivity contribution in [1.82, 2.24) is 19.8 Å². The van der Waals surface area contributed by atoms with E-state index in [1.54, 1.807) is 6.92 Å². The predicted molar refractivity (Wildman–Crippen MR) is 106 cm³/mol. The topological polar surface area (TPSA) is 84.3 Å². The van der Waals surface area contributed by atoms with E-state index in [2.05, 4.69) is 17.2 Å². The van der Waals surface area contributed by atoms with E-state index in [1.807, 2.05) is 11.8 Å². The molecule has 146 valence electrons. The number of nitrogens with one attached hydrogen (secondary N) is 1. The maximum absolute atomic E-state index is 12.9. The molecule has 1 aliphatic heterocycles. The Bertz CT molecular complexity index is 910. The first-order valence-electron chi connectivity index (χ1n) is 9.46. The van der Waals surface area contributed by atoms with Crippen LogP contribution in [-0.2, 0) is 11.3 Å². The summed E-state index contributed by atoms with van der Waals surface area (Å²) in [6.07, 6.45) is 4.24. The first-order chi connectivity index (χ1) is 12.9. The van der Waals surface area contributed by atoms with Crippen molar-refractivity contribution in [1.29, 1.82) is 0 Å². The van der Waals surface area contributed by atoms with Gasteiger partial charge in [-0.25, -0.2) is 4.98 Å². The number of thiophene rings is 1. The van der Waals surface area contributed by atoms with E-state index in [9.17, 15) is 14.4 Å². The van der Waals surface area contributed by atoms with Crippen LogP contribution in [0, 0.1) is 12.8 Å². The second-order valence-corrected chi connectivity index (χ2v) is 8.24. The number of carbonyl (C=O) groups is 2. The molecule has 0 radical (unpaired) electrons. The summed E-state index contributed by atoms with van der Waals surface area (Å²) in [5, 5.41) is 3.20. The SMILES string of the molecule is CCCNC(=O)Cn1cnc2sc(C(=O)N3CCC(C)CC3)c(C)c2c1=O. The van der Waals surface area contributed by atoms with Crippen LogP contribution >= 0.6 is 11.3 Å². The molecule has 3 heterocycles. The highest BCUT2D eigenvalue weighted by atomic mass is 32.1. The molecule has 0 saturated carbocycles. The van der Waals surface area contributed by atoms with Crippen LogP contribution < -0.4 is 10.9 Å². The van der Waals surface area contributed by atoms with Gasteiger partial charge in [-0.05, 0) is 37.7 Å². The Morgan fingerprint density at radius 3 is 2.70 bits per heavy atom. The molecule has 8 heteroatoms. The molecule has 0 unspecified atom stereocenters. The van der Waals surface area contributed by atoms with Crippen LogP contribution in [0.1, 0.15) is 48.3 Å². The van der Waals surface area contributed by atoms with Gasteiger partial charge in [0.1, 0.15) is 11.4 Å². The second kappa shape index (κ2) is 8.21. The van der Waals surface area contributed by atoms with Crippen LogP contribution in [-0.4, -0.2) is 45.9 Å². The first kappa shape index (κ1) is 19.5. The molecule has 2 amide bonds. The van der Waals surface area contributed by atoms with E-state index in [1.165, 1.54) is 22.2 Å². The summed E-state index contributed by atoms with van der Waals surface area (Å²) in [4.78, 5) is 45.0. The zero-order chi connectivity index (χ0) is 19.6. The van der Waals surface area contributed by atoms with Gasteiger partial charge in [0, 0.05) is 19.6 Å². The van der Waals surface area contributed by atoms with E-state index < -0.39 is 0 Å². The number of hydrogen-bond donors (Lipinski definition) is 1. The number of fused-ring (bicyclic) bond motifs is 1. The third kappa shape index (κ3) is 4.05. The van der Waals surface area contributed by atoms with Gasteiger partial charge in [-0.15, -0.1) is 11.3 Å². The molecule has 1 fully saturated rings. The maximum atomic E-state index is 12.9. The van der Waals surface area contributed by atoms with E-state index in [0.717, 1.165) is 32.4 Å². The van der Waals surface area contributed by atoms with Crippen molar-refractivity contribution in [3.05, 3.63) is 27.1 Å². The normalized spacial score (nSPS) is 15.3. The van der Waals surface area contributed by atoms with Crippen molar-refractivity contribution in [2.75, 3.05) is 19.6 Å². The Hall–Kier alpha value is -2.22. The number of likely N-dealkylation sites (tertiary alicyclic amines) is 1. The van der Waals surface area contributed by atoms with Gasteiger partial charge in [-0.1, -0.05) is 13.8 Å². The third-order valence-corrected chi connectivity index (χ3v) is 6.26. The molecule has 7 nitrogen and oxygen atoms in total. The Balaban J connectivity index is 1.88. The molecule has 1 saturated heterocycles. The first-order valence-corrected chi connectivity index (χ1v) is 10.3. The molecule has 0 bridgehead atoms. The fraction of sp³-hybridized carbons (Fsp3) is 0.579. The molecule has 2 aromatic heterocycles. The molecule has 27 heavy (non-hydrogen) atoms. The lowest BCUT2D eigenvalue weighted by Crippen LogP contribution is -2.37. The minimum absolute atomic E-state index is 0.0194. The van der Waals surface area contributed by atoms with Gasteiger partial charge in [-0.3, -0.25) is 19.0 Å². The molecule has 0 spiro atoms. The van der Waals surface area contributed by atoms with Gasteiger partial charge in [0.25, 0.3) is 11.5 Å². The molecular formula is C19H26N4O3S. The number of aromatic nitrogens is 2. The van der Waals surface area contributed by atoms with Crippen molar-refractivity contribution in [2.24, 2.45) is 5.92 Å². The number of amides is 2. The van der Waals surface area contributed by atoms with Gasteiger partial charge in [0.2, 0.25) is 5.91 Å². The van der Waals surface area contributed by atoms with E-state index >= 15 is 0 Å². The number of piperidine rings is 1. The Morgan fingerprint density at radius 1 is 1.33 bits per heavy atom. The number of aryl methyl sites for hydroxylation is 1. The number of nitrogens with zero attached hydrogens (tertiary/aromatic N) is 3. The summed E-state index contributed by atoms with van der Waals surface area (Å²) < 4.78 is 1.31. The van der Waals surface area contributed by atoms with Crippen molar-refractivity contribution in [3.8, 4) is 0 Å². The Kier molecular flexibility index (Phi) is 5.94. The Morgan fingerprint density at radius 2 is 2.04 bits per heavy atom. The summed E-state index contributed by atoms with van der Waals surface area (Å²) in [6, 6.07) is 0. The summed E-state index contributed by atoms with van der Waals surface area (Å²) in [6.45, 7) is 7.99. The minimum atomic E-state index is -0.272. The number of rotatable bonds is 5. The summed E-state index contributed by atoms with van der Waals surface area (Å²) in [5.41, 5.74) is 0.395. The largest absolute Gasteiger partial charge is 0.355 e.